The summed E-state index contributed by atoms with van der Waals surface area (Å²) in [6.45, 7) is 3.12. The molecule has 0 unspecified atom stereocenters. The van der Waals surface area contributed by atoms with Crippen molar-refractivity contribution in [3.63, 3.8) is 0 Å². The van der Waals surface area contributed by atoms with Crippen molar-refractivity contribution in [1.82, 2.24) is 14.2 Å². The number of piperidine rings is 1. The number of amides is 1. The number of aromatic nitrogens is 1. The first-order chi connectivity index (χ1) is 16.5. The van der Waals surface area contributed by atoms with Crippen molar-refractivity contribution < 1.29 is 17.9 Å². The van der Waals surface area contributed by atoms with Crippen LogP contribution in [0.5, 0.6) is 0 Å². The quantitative estimate of drug-likeness (QED) is 0.517. The van der Waals surface area contributed by atoms with Gasteiger partial charge in [0.1, 0.15) is 0 Å². The number of hydrogen-bond acceptors (Lipinski definition) is 6. The number of fused-ring (bicyclic) bond motifs is 1. The van der Waals surface area contributed by atoms with Crippen molar-refractivity contribution in [2.24, 2.45) is 0 Å². The smallest absolute Gasteiger partial charge is 0.243 e. The number of thiazole rings is 1. The molecule has 2 saturated heterocycles. The highest BCUT2D eigenvalue weighted by molar-refractivity contribution is 7.89. The second-order valence-electron chi connectivity index (χ2n) is 8.86. The maximum Gasteiger partial charge on any atom is 0.243 e. The number of carbonyl (C=O) groups is 1. The number of hydrogen-bond donors (Lipinski definition) is 0. The molecule has 3 heterocycles. The van der Waals surface area contributed by atoms with Gasteiger partial charge in [0, 0.05) is 38.5 Å². The predicted molar refractivity (Wildman–Crippen MR) is 133 cm³/mol. The number of rotatable bonds is 6. The molecule has 1 amide bonds. The van der Waals surface area contributed by atoms with Crippen molar-refractivity contribution in [1.29, 1.82) is 0 Å². The van der Waals surface area contributed by atoms with Gasteiger partial charge in [-0.1, -0.05) is 24.3 Å². The molecule has 0 aliphatic carbocycles. The molecule has 7 nitrogen and oxygen atoms in total. The number of likely N-dealkylation sites (tertiary alicyclic amines) is 1. The molecule has 3 aromatic rings. The first-order valence-electron chi connectivity index (χ1n) is 11.8. The van der Waals surface area contributed by atoms with Crippen LogP contribution in [0.25, 0.3) is 10.2 Å². The third-order valence-electron chi connectivity index (χ3n) is 6.59. The number of carbonyl (C=O) groups excluding carboxylic acids is 1. The minimum atomic E-state index is -3.50. The van der Waals surface area contributed by atoms with Crippen LogP contribution in [0.2, 0.25) is 0 Å². The largest absolute Gasteiger partial charge is 0.379 e. The molecule has 0 bridgehead atoms. The van der Waals surface area contributed by atoms with E-state index in [9.17, 15) is 13.2 Å². The molecule has 0 spiro atoms. The van der Waals surface area contributed by atoms with E-state index in [0.717, 1.165) is 42.0 Å². The Labute approximate surface area is 204 Å². The normalized spacial score (nSPS) is 20.0. The maximum absolute atomic E-state index is 12.9. The summed E-state index contributed by atoms with van der Waals surface area (Å²) in [6.07, 6.45) is 3.06. The summed E-state index contributed by atoms with van der Waals surface area (Å²) in [5.74, 6) is 0.440. The van der Waals surface area contributed by atoms with E-state index in [1.807, 2.05) is 35.2 Å². The Bertz CT molecular complexity index is 1220. The zero-order valence-electron chi connectivity index (χ0n) is 19.1. The summed E-state index contributed by atoms with van der Waals surface area (Å²) >= 11 is 1.73. The van der Waals surface area contributed by atoms with Gasteiger partial charge in [0.15, 0.2) is 0 Å². The van der Waals surface area contributed by atoms with Gasteiger partial charge < -0.3 is 9.64 Å². The molecule has 0 radical (unpaired) electrons. The molecule has 180 valence electrons. The average molecular weight is 500 g/mol. The van der Waals surface area contributed by atoms with Crippen LogP contribution in [0.3, 0.4) is 0 Å². The highest BCUT2D eigenvalue weighted by Gasteiger charge is 2.28. The molecular formula is C25H29N3O4S2. The topological polar surface area (TPSA) is 79.8 Å². The Kier molecular flexibility index (Phi) is 6.96. The first-order valence-corrected chi connectivity index (χ1v) is 14.1. The third-order valence-corrected chi connectivity index (χ3v) is 9.70. The Morgan fingerprint density at radius 3 is 2.59 bits per heavy atom. The highest BCUT2D eigenvalue weighted by Crippen LogP contribution is 2.33. The van der Waals surface area contributed by atoms with Crippen molar-refractivity contribution in [2.45, 2.75) is 36.5 Å². The maximum atomic E-state index is 12.9. The number of para-hydroxylation sites is 1. The monoisotopic (exact) mass is 499 g/mol. The summed E-state index contributed by atoms with van der Waals surface area (Å²) < 4.78 is 33.5. The second-order valence-corrected chi connectivity index (χ2v) is 11.9. The van der Waals surface area contributed by atoms with E-state index in [0.29, 0.717) is 50.0 Å². The summed E-state index contributed by atoms with van der Waals surface area (Å²) in [7, 11) is -3.50. The second kappa shape index (κ2) is 10.1. The standard InChI is InChI=1S/C25H29N3O4S2/c29-24(27-13-3-4-20(18-27)25-26-22-5-1-2-6-23(22)33-25)12-9-19-7-10-21(11-8-19)34(30,31)28-14-16-32-17-15-28/h1-2,5-8,10-11,20H,3-4,9,12-18H2/t20-/m0/s1. The summed E-state index contributed by atoms with van der Waals surface area (Å²) in [6, 6.07) is 15.1. The SMILES string of the molecule is O=C(CCc1ccc(S(=O)(=O)N2CCOCC2)cc1)N1CCC[C@H](c2nc3ccccc3s2)C1. The van der Waals surface area contributed by atoms with E-state index in [-0.39, 0.29) is 5.91 Å². The molecule has 2 aliphatic rings. The molecule has 0 saturated carbocycles. The van der Waals surface area contributed by atoms with Crippen LogP contribution in [0.4, 0.5) is 0 Å². The number of aryl methyl sites for hydroxylation is 1. The molecule has 5 rings (SSSR count). The molecule has 2 aliphatic heterocycles. The number of nitrogens with zero attached hydrogens (tertiary/aromatic N) is 3. The van der Waals surface area contributed by atoms with Gasteiger partial charge in [-0.25, -0.2) is 13.4 Å². The Hall–Kier alpha value is -2.33. The van der Waals surface area contributed by atoms with Crippen LogP contribution < -0.4 is 0 Å². The zero-order chi connectivity index (χ0) is 23.5. The molecule has 34 heavy (non-hydrogen) atoms. The molecular weight excluding hydrogens is 470 g/mol. The van der Waals surface area contributed by atoms with Crippen LogP contribution in [0.1, 0.15) is 35.8 Å². The van der Waals surface area contributed by atoms with Crippen molar-refractivity contribution >= 4 is 37.5 Å². The van der Waals surface area contributed by atoms with Gasteiger partial charge in [0.25, 0.3) is 0 Å². The lowest BCUT2D eigenvalue weighted by Crippen LogP contribution is -2.40. The Morgan fingerprint density at radius 2 is 1.82 bits per heavy atom. The van der Waals surface area contributed by atoms with Gasteiger partial charge >= 0.3 is 0 Å². The van der Waals surface area contributed by atoms with Crippen molar-refractivity contribution in [3.8, 4) is 0 Å². The molecule has 2 aromatic carbocycles. The number of ether oxygens (including phenoxy) is 1. The van der Waals surface area contributed by atoms with Gasteiger partial charge in [-0.05, 0) is 49.1 Å². The average Bonchev–Trinajstić information content (AvgIpc) is 3.33. The van der Waals surface area contributed by atoms with E-state index in [1.54, 1.807) is 23.5 Å². The van der Waals surface area contributed by atoms with E-state index in [4.69, 9.17) is 9.72 Å². The first kappa shape index (κ1) is 23.4. The van der Waals surface area contributed by atoms with Gasteiger partial charge in [0.05, 0.1) is 33.3 Å². The summed E-state index contributed by atoms with van der Waals surface area (Å²) in [5.41, 5.74) is 2.00. The predicted octanol–water partition coefficient (Wildman–Crippen LogP) is 3.66. The van der Waals surface area contributed by atoms with Crippen LogP contribution in [-0.2, 0) is 26.0 Å². The summed E-state index contributed by atoms with van der Waals surface area (Å²) in [4.78, 5) is 20.0. The lowest BCUT2D eigenvalue weighted by molar-refractivity contribution is -0.132. The zero-order valence-corrected chi connectivity index (χ0v) is 20.7. The van der Waals surface area contributed by atoms with Crippen molar-refractivity contribution in [3.05, 3.63) is 59.1 Å². The summed E-state index contributed by atoms with van der Waals surface area (Å²) in [5, 5.41) is 1.12. The van der Waals surface area contributed by atoms with Crippen LogP contribution in [0, 0.1) is 0 Å². The van der Waals surface area contributed by atoms with E-state index >= 15 is 0 Å². The lowest BCUT2D eigenvalue weighted by Gasteiger charge is -2.32. The van der Waals surface area contributed by atoms with E-state index in [2.05, 4.69) is 6.07 Å². The number of sulfonamides is 1. The molecule has 1 atom stereocenters. The molecule has 0 N–H and O–H groups in total. The van der Waals surface area contributed by atoms with E-state index < -0.39 is 10.0 Å². The van der Waals surface area contributed by atoms with Crippen LogP contribution >= 0.6 is 11.3 Å². The van der Waals surface area contributed by atoms with Crippen LogP contribution in [0.15, 0.2) is 53.4 Å². The molecule has 1 aromatic heterocycles. The van der Waals surface area contributed by atoms with Gasteiger partial charge in [0.2, 0.25) is 15.9 Å². The van der Waals surface area contributed by atoms with E-state index in [1.165, 1.54) is 9.01 Å². The third kappa shape index (κ3) is 5.02. The molecule has 2 fully saturated rings. The number of morpholine rings is 1. The Balaban J connectivity index is 1.17. The minimum Gasteiger partial charge on any atom is -0.379 e. The van der Waals surface area contributed by atoms with Crippen LogP contribution in [-0.4, -0.2) is 67.9 Å². The fraction of sp³-hybridized carbons (Fsp3) is 0.440. The lowest BCUT2D eigenvalue weighted by atomic mass is 9.98. The fourth-order valence-corrected chi connectivity index (χ4v) is 7.14. The number of benzene rings is 2. The van der Waals surface area contributed by atoms with Crippen molar-refractivity contribution in [2.75, 3.05) is 39.4 Å². The van der Waals surface area contributed by atoms with Gasteiger partial charge in [-0.15, -0.1) is 11.3 Å². The Morgan fingerprint density at radius 1 is 1.06 bits per heavy atom. The highest BCUT2D eigenvalue weighted by atomic mass is 32.2. The van der Waals surface area contributed by atoms with Gasteiger partial charge in [-0.2, -0.15) is 4.31 Å². The van der Waals surface area contributed by atoms with Gasteiger partial charge in [-0.3, -0.25) is 4.79 Å². The molecule has 9 heteroatoms. The minimum absolute atomic E-state index is 0.149. The fourth-order valence-electron chi connectivity index (χ4n) is 4.64.